The molecule has 0 aliphatic rings. The average molecular weight is 246 g/mol. The van der Waals surface area contributed by atoms with E-state index in [1.165, 1.54) is 6.07 Å². The van der Waals surface area contributed by atoms with Gasteiger partial charge >= 0.3 is 0 Å². The molecular weight excluding hydrogens is 231 g/mol. The van der Waals surface area contributed by atoms with Crippen molar-refractivity contribution in [2.24, 2.45) is 5.73 Å². The highest BCUT2D eigenvalue weighted by atomic mass is 19.1. The molecule has 0 amide bonds. The Labute approximate surface area is 105 Å². The molecule has 94 valence electrons. The van der Waals surface area contributed by atoms with Gasteiger partial charge in [-0.1, -0.05) is 6.07 Å². The largest absolute Gasteiger partial charge is 0.452 e. The van der Waals surface area contributed by atoms with Crippen LogP contribution < -0.4 is 10.5 Å². The van der Waals surface area contributed by atoms with Gasteiger partial charge in [-0.2, -0.15) is 0 Å². The van der Waals surface area contributed by atoms with Crippen LogP contribution in [-0.4, -0.2) is 11.5 Å². The van der Waals surface area contributed by atoms with Gasteiger partial charge in [0.1, 0.15) is 5.75 Å². The Balaban J connectivity index is 2.22. The molecule has 0 aliphatic carbocycles. The summed E-state index contributed by atoms with van der Waals surface area (Å²) in [5.74, 6) is 0.374. The van der Waals surface area contributed by atoms with E-state index in [1.54, 1.807) is 24.4 Å². The molecule has 0 saturated carbocycles. The Bertz CT molecular complexity index is 543. The van der Waals surface area contributed by atoms with Crippen molar-refractivity contribution in [3.63, 3.8) is 0 Å². The number of hydrogen-bond donors (Lipinski definition) is 1. The molecule has 2 N–H and O–H groups in total. The molecule has 0 spiro atoms. The van der Waals surface area contributed by atoms with Crippen LogP contribution in [0.1, 0.15) is 11.3 Å². The quantitative estimate of drug-likeness (QED) is 0.902. The van der Waals surface area contributed by atoms with Crippen molar-refractivity contribution in [3.05, 3.63) is 53.6 Å². The van der Waals surface area contributed by atoms with Gasteiger partial charge in [0, 0.05) is 6.20 Å². The Morgan fingerprint density at radius 3 is 2.78 bits per heavy atom. The van der Waals surface area contributed by atoms with Crippen molar-refractivity contribution in [1.82, 2.24) is 4.98 Å². The monoisotopic (exact) mass is 246 g/mol. The minimum absolute atomic E-state index is 0.201. The highest BCUT2D eigenvalue weighted by Crippen LogP contribution is 2.26. The second-order valence-corrected chi connectivity index (χ2v) is 3.99. The van der Waals surface area contributed by atoms with Crippen molar-refractivity contribution < 1.29 is 9.13 Å². The first kappa shape index (κ1) is 12.5. The van der Waals surface area contributed by atoms with Crippen molar-refractivity contribution in [1.29, 1.82) is 0 Å². The lowest BCUT2D eigenvalue weighted by atomic mass is 10.1. The van der Waals surface area contributed by atoms with Crippen molar-refractivity contribution in [3.8, 4) is 11.5 Å². The first-order valence-electron chi connectivity index (χ1n) is 5.78. The number of aromatic nitrogens is 1. The van der Waals surface area contributed by atoms with Crippen molar-refractivity contribution in [2.45, 2.75) is 13.3 Å². The molecule has 0 atom stereocenters. The van der Waals surface area contributed by atoms with Gasteiger partial charge in [0.2, 0.25) is 0 Å². The summed E-state index contributed by atoms with van der Waals surface area (Å²) in [6.45, 7) is 2.32. The summed E-state index contributed by atoms with van der Waals surface area (Å²) in [6.07, 6.45) is 2.33. The van der Waals surface area contributed by atoms with Crippen LogP contribution in [0.3, 0.4) is 0 Å². The Morgan fingerprint density at radius 1 is 1.28 bits per heavy atom. The van der Waals surface area contributed by atoms with Crippen LogP contribution in [0.25, 0.3) is 0 Å². The summed E-state index contributed by atoms with van der Waals surface area (Å²) in [6, 6.07) is 8.40. The number of ether oxygens (including phenoxy) is 1. The summed E-state index contributed by atoms with van der Waals surface area (Å²) in [4.78, 5) is 4.09. The lowest BCUT2D eigenvalue weighted by Gasteiger charge is -2.09. The maximum Gasteiger partial charge on any atom is 0.165 e. The molecule has 4 heteroatoms. The van der Waals surface area contributed by atoms with E-state index in [-0.39, 0.29) is 11.6 Å². The first-order chi connectivity index (χ1) is 8.70. The third-order valence-electron chi connectivity index (χ3n) is 2.61. The third-order valence-corrected chi connectivity index (χ3v) is 2.61. The van der Waals surface area contributed by atoms with Gasteiger partial charge in [0.05, 0.1) is 5.69 Å². The molecule has 1 aromatic carbocycles. The molecule has 0 radical (unpaired) electrons. The third kappa shape index (κ3) is 2.84. The lowest BCUT2D eigenvalue weighted by molar-refractivity contribution is 0.437. The fourth-order valence-corrected chi connectivity index (χ4v) is 1.65. The highest BCUT2D eigenvalue weighted by Gasteiger charge is 2.07. The second-order valence-electron chi connectivity index (χ2n) is 3.99. The van der Waals surface area contributed by atoms with Gasteiger partial charge in [-0.3, -0.25) is 4.98 Å². The summed E-state index contributed by atoms with van der Waals surface area (Å²) in [5.41, 5.74) is 7.02. The predicted octanol–water partition coefficient (Wildman–Crippen LogP) is 2.82. The zero-order valence-corrected chi connectivity index (χ0v) is 10.2. The molecule has 3 nitrogen and oxygen atoms in total. The van der Waals surface area contributed by atoms with Gasteiger partial charge in [-0.05, 0) is 49.7 Å². The van der Waals surface area contributed by atoms with Crippen molar-refractivity contribution in [2.75, 3.05) is 6.54 Å². The standard InChI is InChI=1S/C14H15FN2O/c1-10-13(3-2-8-17-10)18-14-5-4-11(6-7-16)9-12(14)15/h2-5,8-9H,6-7,16H2,1H3. The number of halogens is 1. The average Bonchev–Trinajstić information content (AvgIpc) is 2.35. The maximum absolute atomic E-state index is 13.8. The molecular formula is C14H15FN2O. The molecule has 2 aromatic rings. The normalized spacial score (nSPS) is 10.4. The highest BCUT2D eigenvalue weighted by molar-refractivity contribution is 5.36. The maximum atomic E-state index is 13.8. The second kappa shape index (κ2) is 5.60. The summed E-state index contributed by atoms with van der Waals surface area (Å²) < 4.78 is 19.3. The van der Waals surface area contributed by atoms with Gasteiger partial charge in [-0.15, -0.1) is 0 Å². The molecule has 0 bridgehead atoms. The number of hydrogen-bond acceptors (Lipinski definition) is 3. The van der Waals surface area contributed by atoms with E-state index in [4.69, 9.17) is 10.5 Å². The minimum Gasteiger partial charge on any atom is -0.452 e. The Hall–Kier alpha value is -1.94. The van der Waals surface area contributed by atoms with Crippen LogP contribution in [0.5, 0.6) is 11.5 Å². The van der Waals surface area contributed by atoms with Crippen LogP contribution >= 0.6 is 0 Å². The van der Waals surface area contributed by atoms with Gasteiger partial charge in [0.15, 0.2) is 11.6 Å². The number of nitrogens with two attached hydrogens (primary N) is 1. The lowest BCUT2D eigenvalue weighted by Crippen LogP contribution is -2.03. The fraction of sp³-hybridized carbons (Fsp3) is 0.214. The van der Waals surface area contributed by atoms with E-state index in [2.05, 4.69) is 4.98 Å². The number of benzene rings is 1. The number of rotatable bonds is 4. The van der Waals surface area contributed by atoms with E-state index < -0.39 is 0 Å². The smallest absolute Gasteiger partial charge is 0.165 e. The summed E-state index contributed by atoms with van der Waals surface area (Å²) in [7, 11) is 0. The molecule has 1 aromatic heterocycles. The van der Waals surface area contributed by atoms with Gasteiger partial charge < -0.3 is 10.5 Å². The number of nitrogens with zero attached hydrogens (tertiary/aromatic N) is 1. The minimum atomic E-state index is -0.385. The van der Waals surface area contributed by atoms with Crippen LogP contribution in [0.15, 0.2) is 36.5 Å². The fourth-order valence-electron chi connectivity index (χ4n) is 1.65. The molecule has 0 saturated heterocycles. The summed E-state index contributed by atoms with van der Waals surface area (Å²) in [5, 5.41) is 0. The molecule has 2 rings (SSSR count). The van der Waals surface area contributed by atoms with E-state index in [9.17, 15) is 4.39 Å². The molecule has 0 fully saturated rings. The molecule has 0 unspecified atom stereocenters. The SMILES string of the molecule is Cc1ncccc1Oc1ccc(CCN)cc1F. The van der Waals surface area contributed by atoms with E-state index in [0.29, 0.717) is 18.7 Å². The molecule has 0 aliphatic heterocycles. The van der Waals surface area contributed by atoms with Gasteiger partial charge in [0.25, 0.3) is 0 Å². The number of aryl methyl sites for hydroxylation is 1. The predicted molar refractivity (Wildman–Crippen MR) is 68.2 cm³/mol. The van der Waals surface area contributed by atoms with E-state index in [1.807, 2.05) is 13.0 Å². The Kier molecular flexibility index (Phi) is 3.89. The molecule has 18 heavy (non-hydrogen) atoms. The topological polar surface area (TPSA) is 48.1 Å². The van der Waals surface area contributed by atoms with E-state index >= 15 is 0 Å². The Morgan fingerprint density at radius 2 is 2.11 bits per heavy atom. The number of pyridine rings is 1. The summed E-state index contributed by atoms with van der Waals surface area (Å²) >= 11 is 0. The molecule has 1 heterocycles. The van der Waals surface area contributed by atoms with Crippen LogP contribution in [0.2, 0.25) is 0 Å². The van der Waals surface area contributed by atoms with Crippen molar-refractivity contribution >= 4 is 0 Å². The van der Waals surface area contributed by atoms with Crippen LogP contribution in [0, 0.1) is 12.7 Å². The van der Waals surface area contributed by atoms with E-state index in [0.717, 1.165) is 11.3 Å². The first-order valence-corrected chi connectivity index (χ1v) is 5.78. The van der Waals surface area contributed by atoms with Gasteiger partial charge in [-0.25, -0.2) is 4.39 Å². The van der Waals surface area contributed by atoms with Crippen LogP contribution in [0.4, 0.5) is 4.39 Å². The zero-order valence-electron chi connectivity index (χ0n) is 10.2. The zero-order chi connectivity index (χ0) is 13.0. The van der Waals surface area contributed by atoms with Crippen LogP contribution in [-0.2, 0) is 6.42 Å².